The molecule has 2 saturated heterocycles. The maximum atomic E-state index is 12.8. The molecular formula is C17H26ClN3O3S. The average Bonchev–Trinajstić information content (AvgIpc) is 3.10. The van der Waals surface area contributed by atoms with Gasteiger partial charge in [-0.1, -0.05) is 23.7 Å². The maximum absolute atomic E-state index is 12.8. The van der Waals surface area contributed by atoms with Gasteiger partial charge < -0.3 is 9.64 Å². The van der Waals surface area contributed by atoms with Gasteiger partial charge >= 0.3 is 0 Å². The predicted molar refractivity (Wildman–Crippen MR) is 98.8 cm³/mol. The molecule has 1 aromatic carbocycles. The van der Waals surface area contributed by atoms with Crippen molar-refractivity contribution in [3.05, 3.63) is 34.9 Å². The van der Waals surface area contributed by atoms with E-state index in [4.69, 9.17) is 16.3 Å². The van der Waals surface area contributed by atoms with Crippen molar-refractivity contribution in [2.75, 3.05) is 53.0 Å². The highest BCUT2D eigenvalue weighted by Gasteiger charge is 2.31. The van der Waals surface area contributed by atoms with Crippen molar-refractivity contribution in [1.29, 1.82) is 0 Å². The SMILES string of the molecule is CN(Cc1ccc(Cl)cc1)S(=O)(=O)N1CCN(CC2CCOC2)CC1. The number of hydrogen-bond donors (Lipinski definition) is 0. The van der Waals surface area contributed by atoms with Gasteiger partial charge in [-0.05, 0) is 30.0 Å². The third kappa shape index (κ3) is 4.93. The Kier molecular flexibility index (Phi) is 6.35. The number of nitrogens with zero attached hydrogens (tertiary/aromatic N) is 3. The highest BCUT2D eigenvalue weighted by molar-refractivity contribution is 7.86. The second kappa shape index (κ2) is 8.33. The Labute approximate surface area is 155 Å². The highest BCUT2D eigenvalue weighted by Crippen LogP contribution is 2.18. The van der Waals surface area contributed by atoms with Crippen LogP contribution in [0.5, 0.6) is 0 Å². The summed E-state index contributed by atoms with van der Waals surface area (Å²) in [7, 11) is -1.81. The molecule has 6 nitrogen and oxygen atoms in total. The lowest BCUT2D eigenvalue weighted by molar-refractivity contribution is 0.141. The van der Waals surface area contributed by atoms with E-state index >= 15 is 0 Å². The Morgan fingerprint density at radius 2 is 1.88 bits per heavy atom. The molecule has 2 aliphatic heterocycles. The van der Waals surface area contributed by atoms with Gasteiger partial charge in [0.2, 0.25) is 0 Å². The Morgan fingerprint density at radius 3 is 2.48 bits per heavy atom. The van der Waals surface area contributed by atoms with E-state index < -0.39 is 10.2 Å². The fourth-order valence-corrected chi connectivity index (χ4v) is 4.82. The zero-order valence-electron chi connectivity index (χ0n) is 14.6. The van der Waals surface area contributed by atoms with E-state index in [0.29, 0.717) is 30.6 Å². The normalized spacial score (nSPS) is 23.4. The third-order valence-electron chi connectivity index (χ3n) is 4.91. The Hall–Kier alpha value is -0.700. The minimum Gasteiger partial charge on any atom is -0.381 e. The van der Waals surface area contributed by atoms with Crippen molar-refractivity contribution in [3.8, 4) is 0 Å². The highest BCUT2D eigenvalue weighted by atomic mass is 35.5. The van der Waals surface area contributed by atoms with Crippen LogP contribution in [-0.4, -0.2) is 74.9 Å². The van der Waals surface area contributed by atoms with Crippen LogP contribution in [-0.2, 0) is 21.5 Å². The van der Waals surface area contributed by atoms with Crippen molar-refractivity contribution in [2.24, 2.45) is 5.92 Å². The first-order chi connectivity index (χ1) is 11.9. The summed E-state index contributed by atoms with van der Waals surface area (Å²) in [5, 5.41) is 0.651. The van der Waals surface area contributed by atoms with Crippen molar-refractivity contribution in [3.63, 3.8) is 0 Å². The quantitative estimate of drug-likeness (QED) is 0.745. The van der Waals surface area contributed by atoms with Crippen LogP contribution in [0.2, 0.25) is 5.02 Å². The summed E-state index contributed by atoms with van der Waals surface area (Å²) in [6.07, 6.45) is 1.11. The summed E-state index contributed by atoms with van der Waals surface area (Å²) in [4.78, 5) is 2.35. The lowest BCUT2D eigenvalue weighted by atomic mass is 10.1. The van der Waals surface area contributed by atoms with E-state index in [1.807, 2.05) is 12.1 Å². The number of rotatable bonds is 6. The van der Waals surface area contributed by atoms with Crippen LogP contribution in [0.25, 0.3) is 0 Å². The molecule has 140 valence electrons. The Morgan fingerprint density at radius 1 is 1.20 bits per heavy atom. The number of hydrogen-bond acceptors (Lipinski definition) is 4. The van der Waals surface area contributed by atoms with E-state index in [9.17, 15) is 8.42 Å². The zero-order chi connectivity index (χ0) is 17.9. The molecule has 8 heteroatoms. The lowest BCUT2D eigenvalue weighted by Gasteiger charge is -2.36. The summed E-state index contributed by atoms with van der Waals surface area (Å²) < 4.78 is 34.0. The molecule has 0 bridgehead atoms. The fourth-order valence-electron chi connectivity index (χ4n) is 3.36. The van der Waals surface area contributed by atoms with E-state index in [2.05, 4.69) is 4.90 Å². The molecule has 3 rings (SSSR count). The molecular weight excluding hydrogens is 362 g/mol. The molecule has 2 aliphatic rings. The number of halogens is 1. The summed E-state index contributed by atoms with van der Waals surface area (Å²) in [6, 6.07) is 7.28. The predicted octanol–water partition coefficient (Wildman–Crippen LogP) is 1.67. The van der Waals surface area contributed by atoms with Crippen LogP contribution >= 0.6 is 11.6 Å². The standard InChI is InChI=1S/C17H26ClN3O3S/c1-19(12-15-2-4-17(18)5-3-15)25(22,23)21-9-7-20(8-10-21)13-16-6-11-24-14-16/h2-5,16H,6-14H2,1H3. The molecule has 1 aromatic rings. The average molecular weight is 388 g/mol. The number of ether oxygens (including phenoxy) is 1. The molecule has 0 radical (unpaired) electrons. The van der Waals surface area contributed by atoms with Crippen LogP contribution in [0.3, 0.4) is 0 Å². The first-order valence-electron chi connectivity index (χ1n) is 8.71. The van der Waals surface area contributed by atoms with Gasteiger partial charge in [-0.25, -0.2) is 0 Å². The molecule has 2 heterocycles. The van der Waals surface area contributed by atoms with Crippen molar-refractivity contribution < 1.29 is 13.2 Å². The zero-order valence-corrected chi connectivity index (χ0v) is 16.2. The molecule has 1 unspecified atom stereocenters. The Balaban J connectivity index is 1.52. The van der Waals surface area contributed by atoms with Gasteiger partial charge in [0.05, 0.1) is 6.61 Å². The van der Waals surface area contributed by atoms with E-state index in [-0.39, 0.29) is 0 Å². The number of benzene rings is 1. The van der Waals surface area contributed by atoms with Crippen LogP contribution in [0.1, 0.15) is 12.0 Å². The van der Waals surface area contributed by atoms with Gasteiger partial charge in [0.1, 0.15) is 0 Å². The molecule has 0 amide bonds. The van der Waals surface area contributed by atoms with E-state index in [0.717, 1.165) is 44.8 Å². The molecule has 25 heavy (non-hydrogen) atoms. The minimum absolute atomic E-state index is 0.346. The molecule has 2 fully saturated rings. The van der Waals surface area contributed by atoms with Gasteiger partial charge in [-0.2, -0.15) is 17.0 Å². The first-order valence-corrected chi connectivity index (χ1v) is 10.5. The monoisotopic (exact) mass is 387 g/mol. The molecule has 0 aliphatic carbocycles. The molecule has 0 saturated carbocycles. The van der Waals surface area contributed by atoms with Gasteiger partial charge in [0.25, 0.3) is 10.2 Å². The van der Waals surface area contributed by atoms with Crippen molar-refractivity contribution >= 4 is 21.8 Å². The van der Waals surface area contributed by atoms with Crippen molar-refractivity contribution in [1.82, 2.24) is 13.5 Å². The van der Waals surface area contributed by atoms with Gasteiger partial charge in [-0.15, -0.1) is 0 Å². The van der Waals surface area contributed by atoms with Crippen LogP contribution < -0.4 is 0 Å². The van der Waals surface area contributed by atoms with E-state index in [1.165, 1.54) is 4.31 Å². The summed E-state index contributed by atoms with van der Waals surface area (Å²) in [5.74, 6) is 0.593. The molecule has 0 spiro atoms. The van der Waals surface area contributed by atoms with E-state index in [1.54, 1.807) is 23.5 Å². The fraction of sp³-hybridized carbons (Fsp3) is 0.647. The molecule has 1 atom stereocenters. The summed E-state index contributed by atoms with van der Waals surface area (Å²) in [5.41, 5.74) is 0.926. The topological polar surface area (TPSA) is 53.1 Å². The first kappa shape index (κ1) is 19.1. The largest absolute Gasteiger partial charge is 0.381 e. The molecule has 0 aromatic heterocycles. The van der Waals surface area contributed by atoms with Crippen molar-refractivity contribution in [2.45, 2.75) is 13.0 Å². The van der Waals surface area contributed by atoms with Gasteiger partial charge in [0, 0.05) is 57.9 Å². The van der Waals surface area contributed by atoms with Crippen LogP contribution in [0.15, 0.2) is 24.3 Å². The molecule has 0 N–H and O–H groups in total. The second-order valence-corrected chi connectivity index (χ2v) is 9.29. The smallest absolute Gasteiger partial charge is 0.282 e. The lowest BCUT2D eigenvalue weighted by Crippen LogP contribution is -2.52. The summed E-state index contributed by atoms with van der Waals surface area (Å²) in [6.45, 7) is 5.70. The Bertz CT molecular complexity index is 654. The second-order valence-electron chi connectivity index (χ2n) is 6.82. The minimum atomic E-state index is -3.44. The van der Waals surface area contributed by atoms with Gasteiger partial charge in [0.15, 0.2) is 0 Å². The summed E-state index contributed by atoms with van der Waals surface area (Å²) >= 11 is 5.88. The maximum Gasteiger partial charge on any atom is 0.282 e. The third-order valence-corrected chi connectivity index (χ3v) is 7.10. The van der Waals surface area contributed by atoms with Gasteiger partial charge in [-0.3, -0.25) is 0 Å². The number of piperazine rings is 1. The van der Waals surface area contributed by atoms with Crippen LogP contribution in [0.4, 0.5) is 0 Å². The van der Waals surface area contributed by atoms with Crippen LogP contribution in [0, 0.1) is 5.92 Å².